The van der Waals surface area contributed by atoms with Crippen LogP contribution in [-0.2, 0) is 19.5 Å². The van der Waals surface area contributed by atoms with E-state index in [1.54, 1.807) is 34.5 Å². The lowest BCUT2D eigenvalue weighted by molar-refractivity contribution is 0.0724. The van der Waals surface area contributed by atoms with Gasteiger partial charge in [0.2, 0.25) is 0 Å². The maximum atomic E-state index is 13.6. The second-order valence-corrected chi connectivity index (χ2v) is 8.70. The monoisotopic (exact) mass is 441 g/mol. The van der Waals surface area contributed by atoms with Crippen molar-refractivity contribution in [1.82, 2.24) is 19.6 Å². The van der Waals surface area contributed by atoms with Gasteiger partial charge in [0.1, 0.15) is 11.5 Å². The van der Waals surface area contributed by atoms with E-state index in [4.69, 9.17) is 0 Å². The number of urea groups is 1. The van der Waals surface area contributed by atoms with Crippen LogP contribution in [-0.4, -0.2) is 62.4 Å². The fourth-order valence-corrected chi connectivity index (χ4v) is 4.46. The van der Waals surface area contributed by atoms with Crippen molar-refractivity contribution in [2.75, 3.05) is 18.9 Å². The largest absolute Gasteiger partial charge is 0.389 e. The highest BCUT2D eigenvalue weighted by molar-refractivity contribution is 5.95. The standard InChI is InChI=1S/C23H28FN5O3/c1-5-20(30)15-10-27(4)22(31)21-17-12-28(14(3)9-19(17)26-29(21)11-15)23(32)25-16-6-7-18(24)13(2)8-16/h5-8,14-15,20,30H,1,9-12H2,2-4H3,(H,25,32)/t14-,15+,20+/m1/s1. The maximum absolute atomic E-state index is 13.6. The van der Waals surface area contributed by atoms with Gasteiger partial charge in [-0.05, 0) is 37.6 Å². The number of amides is 3. The second-order valence-electron chi connectivity index (χ2n) is 8.70. The molecule has 0 spiro atoms. The van der Waals surface area contributed by atoms with Crippen molar-refractivity contribution in [2.45, 2.75) is 45.5 Å². The first-order valence-electron chi connectivity index (χ1n) is 10.7. The van der Waals surface area contributed by atoms with Gasteiger partial charge in [-0.3, -0.25) is 9.48 Å². The normalized spacial score (nSPS) is 21.5. The smallest absolute Gasteiger partial charge is 0.322 e. The number of fused-ring (bicyclic) bond motifs is 3. The predicted octanol–water partition coefficient (Wildman–Crippen LogP) is 2.56. The molecule has 2 aliphatic rings. The van der Waals surface area contributed by atoms with Crippen LogP contribution in [0.4, 0.5) is 14.9 Å². The molecule has 0 radical (unpaired) electrons. The van der Waals surface area contributed by atoms with Crippen molar-refractivity contribution in [2.24, 2.45) is 5.92 Å². The van der Waals surface area contributed by atoms with Gasteiger partial charge >= 0.3 is 6.03 Å². The highest BCUT2D eigenvalue weighted by Crippen LogP contribution is 2.30. The van der Waals surface area contributed by atoms with Gasteiger partial charge < -0.3 is 20.2 Å². The van der Waals surface area contributed by atoms with E-state index in [0.717, 1.165) is 11.3 Å². The van der Waals surface area contributed by atoms with Crippen LogP contribution in [0.25, 0.3) is 0 Å². The number of aryl methyl sites for hydroxylation is 1. The van der Waals surface area contributed by atoms with Gasteiger partial charge in [-0.15, -0.1) is 6.58 Å². The van der Waals surface area contributed by atoms with Gasteiger partial charge in [-0.1, -0.05) is 6.08 Å². The Bertz CT molecular complexity index is 1080. The molecule has 0 fully saturated rings. The lowest BCUT2D eigenvalue weighted by Gasteiger charge is -2.33. The average molecular weight is 442 g/mol. The number of aliphatic hydroxyl groups excluding tert-OH is 1. The van der Waals surface area contributed by atoms with Crippen LogP contribution >= 0.6 is 0 Å². The number of aliphatic hydroxyl groups is 1. The molecular weight excluding hydrogens is 413 g/mol. The van der Waals surface area contributed by atoms with Crippen LogP contribution in [0.1, 0.15) is 34.2 Å². The SMILES string of the molecule is C=C[C@H](O)[C@H]1CN(C)C(=O)c2c3c(nn2C1)C[C@@H](C)N(C(=O)Nc1ccc(F)c(C)c1)C3. The van der Waals surface area contributed by atoms with Crippen LogP contribution in [0.15, 0.2) is 30.9 Å². The van der Waals surface area contributed by atoms with Crippen molar-refractivity contribution in [3.8, 4) is 0 Å². The number of nitrogens with zero attached hydrogens (tertiary/aromatic N) is 4. The molecule has 1 aromatic carbocycles. The first kappa shape index (κ1) is 22.0. The number of benzene rings is 1. The predicted molar refractivity (Wildman–Crippen MR) is 118 cm³/mol. The molecule has 0 unspecified atom stereocenters. The van der Waals surface area contributed by atoms with Crippen LogP contribution in [0.3, 0.4) is 0 Å². The molecule has 4 rings (SSSR count). The van der Waals surface area contributed by atoms with Crippen LogP contribution in [0.5, 0.6) is 0 Å². The molecule has 3 heterocycles. The summed E-state index contributed by atoms with van der Waals surface area (Å²) in [5.41, 5.74) is 2.95. The summed E-state index contributed by atoms with van der Waals surface area (Å²) >= 11 is 0. The number of hydrogen-bond donors (Lipinski definition) is 2. The summed E-state index contributed by atoms with van der Waals surface area (Å²) in [5, 5.41) is 17.8. The summed E-state index contributed by atoms with van der Waals surface area (Å²) in [5.74, 6) is -0.728. The number of aromatic nitrogens is 2. The van der Waals surface area contributed by atoms with E-state index in [2.05, 4.69) is 17.0 Å². The maximum Gasteiger partial charge on any atom is 0.322 e. The van der Waals surface area contributed by atoms with Gasteiger partial charge in [0, 0.05) is 49.8 Å². The Hall–Kier alpha value is -3.20. The molecule has 3 atom stereocenters. The Morgan fingerprint density at radius 1 is 1.41 bits per heavy atom. The number of nitrogens with one attached hydrogen (secondary N) is 1. The average Bonchev–Trinajstić information content (AvgIpc) is 3.04. The third-order valence-electron chi connectivity index (χ3n) is 6.34. The molecule has 32 heavy (non-hydrogen) atoms. The van der Waals surface area contributed by atoms with Gasteiger partial charge in [0.25, 0.3) is 5.91 Å². The third kappa shape index (κ3) is 3.88. The molecular formula is C23H28FN5O3. The van der Waals surface area contributed by atoms with E-state index in [-0.39, 0.29) is 36.3 Å². The Balaban J connectivity index is 1.62. The van der Waals surface area contributed by atoms with E-state index in [0.29, 0.717) is 36.5 Å². The van der Waals surface area contributed by atoms with E-state index in [9.17, 15) is 19.1 Å². The van der Waals surface area contributed by atoms with Gasteiger partial charge in [-0.25, -0.2) is 9.18 Å². The Morgan fingerprint density at radius 3 is 2.84 bits per heavy atom. The summed E-state index contributed by atoms with van der Waals surface area (Å²) in [4.78, 5) is 29.4. The van der Waals surface area contributed by atoms with Crippen LogP contribution in [0, 0.1) is 18.7 Å². The molecule has 8 nitrogen and oxygen atoms in total. The molecule has 0 bridgehead atoms. The van der Waals surface area contributed by atoms with Gasteiger partial charge in [0.15, 0.2) is 0 Å². The third-order valence-corrected chi connectivity index (χ3v) is 6.34. The second kappa shape index (κ2) is 8.38. The fraction of sp³-hybridized carbons (Fsp3) is 0.435. The summed E-state index contributed by atoms with van der Waals surface area (Å²) in [6.07, 6.45) is 1.23. The Kier molecular flexibility index (Phi) is 5.77. The zero-order valence-electron chi connectivity index (χ0n) is 18.5. The molecule has 2 N–H and O–H groups in total. The number of carbonyl (C=O) groups is 2. The highest BCUT2D eigenvalue weighted by atomic mass is 19.1. The van der Waals surface area contributed by atoms with E-state index in [1.807, 2.05) is 6.92 Å². The summed E-state index contributed by atoms with van der Waals surface area (Å²) in [6.45, 7) is 8.25. The summed E-state index contributed by atoms with van der Waals surface area (Å²) < 4.78 is 15.2. The zero-order chi connectivity index (χ0) is 23.2. The van der Waals surface area contributed by atoms with E-state index >= 15 is 0 Å². The van der Waals surface area contributed by atoms with Crippen molar-refractivity contribution in [3.05, 3.63) is 59.2 Å². The summed E-state index contributed by atoms with van der Waals surface area (Å²) in [7, 11) is 1.70. The quantitative estimate of drug-likeness (QED) is 0.717. The number of halogens is 1. The molecule has 9 heteroatoms. The van der Waals surface area contributed by atoms with E-state index in [1.165, 1.54) is 18.2 Å². The van der Waals surface area contributed by atoms with Gasteiger partial charge in [-0.2, -0.15) is 5.10 Å². The number of rotatable bonds is 3. The van der Waals surface area contributed by atoms with Gasteiger partial charge in [0.05, 0.1) is 18.3 Å². The molecule has 1 aromatic heterocycles. The number of carbonyl (C=O) groups excluding carboxylic acids is 2. The molecule has 2 aromatic rings. The molecule has 0 saturated carbocycles. The van der Waals surface area contributed by atoms with Crippen molar-refractivity contribution >= 4 is 17.6 Å². The Labute approximate surface area is 186 Å². The minimum atomic E-state index is -0.752. The van der Waals surface area contributed by atoms with Crippen LogP contribution in [0.2, 0.25) is 0 Å². The molecule has 170 valence electrons. The first-order chi connectivity index (χ1) is 15.2. The van der Waals surface area contributed by atoms with Crippen molar-refractivity contribution < 1.29 is 19.1 Å². The minimum Gasteiger partial charge on any atom is -0.389 e. The topological polar surface area (TPSA) is 90.7 Å². The lowest BCUT2D eigenvalue weighted by Crippen LogP contribution is -2.45. The Morgan fingerprint density at radius 2 is 2.16 bits per heavy atom. The summed E-state index contributed by atoms with van der Waals surface area (Å²) in [6, 6.07) is 3.98. The highest BCUT2D eigenvalue weighted by Gasteiger charge is 2.37. The van der Waals surface area contributed by atoms with Crippen molar-refractivity contribution in [3.63, 3.8) is 0 Å². The number of hydrogen-bond acceptors (Lipinski definition) is 4. The fourth-order valence-electron chi connectivity index (χ4n) is 4.46. The molecule has 0 aliphatic carbocycles. The lowest BCUT2D eigenvalue weighted by atomic mass is 9.99. The molecule has 3 amide bonds. The molecule has 2 aliphatic heterocycles. The molecule has 0 saturated heterocycles. The minimum absolute atomic E-state index is 0.134. The zero-order valence-corrected chi connectivity index (χ0v) is 18.5. The van der Waals surface area contributed by atoms with E-state index < -0.39 is 6.10 Å². The van der Waals surface area contributed by atoms with Crippen LogP contribution < -0.4 is 5.32 Å². The first-order valence-corrected chi connectivity index (χ1v) is 10.7. The number of anilines is 1. The van der Waals surface area contributed by atoms with Crippen molar-refractivity contribution in [1.29, 1.82) is 0 Å².